The first kappa shape index (κ1) is 17.9. The van der Waals surface area contributed by atoms with Crippen LogP contribution in [0.3, 0.4) is 0 Å². The summed E-state index contributed by atoms with van der Waals surface area (Å²) in [5.74, 6) is -0.433. The number of amides is 1. The number of nitrogens with one attached hydrogen (secondary N) is 1. The van der Waals surface area contributed by atoms with E-state index in [1.54, 1.807) is 23.5 Å². The van der Waals surface area contributed by atoms with Crippen molar-refractivity contribution in [3.8, 4) is 0 Å². The summed E-state index contributed by atoms with van der Waals surface area (Å²) in [5.41, 5.74) is 4.32. The van der Waals surface area contributed by atoms with Gasteiger partial charge in [-0.2, -0.15) is 0 Å². The van der Waals surface area contributed by atoms with Gasteiger partial charge in [-0.25, -0.2) is 4.39 Å². The molecule has 0 aliphatic carbocycles. The highest BCUT2D eigenvalue weighted by atomic mass is 79.9. The van der Waals surface area contributed by atoms with Gasteiger partial charge in [0.15, 0.2) is 0 Å². The highest BCUT2D eigenvalue weighted by Gasteiger charge is 2.17. The maximum atomic E-state index is 13.2. The number of carbonyl (C=O) groups is 1. The van der Waals surface area contributed by atoms with Crippen molar-refractivity contribution in [1.82, 2.24) is 4.57 Å². The maximum absolute atomic E-state index is 13.2. The first-order valence-corrected chi connectivity index (χ1v) is 10.1. The Labute approximate surface area is 168 Å². The van der Waals surface area contributed by atoms with Crippen LogP contribution >= 0.6 is 27.3 Å². The van der Waals surface area contributed by atoms with Gasteiger partial charge < -0.3 is 9.88 Å². The number of hydrogen-bond donors (Lipinski definition) is 1. The van der Waals surface area contributed by atoms with Crippen molar-refractivity contribution in [1.29, 1.82) is 0 Å². The molecule has 0 fully saturated rings. The van der Waals surface area contributed by atoms with Gasteiger partial charge >= 0.3 is 0 Å². The van der Waals surface area contributed by atoms with Crippen LogP contribution in [0.15, 0.2) is 64.5 Å². The lowest BCUT2D eigenvalue weighted by Gasteiger charge is -2.12. The number of thiophene rings is 1. The van der Waals surface area contributed by atoms with Gasteiger partial charge in [-0.05, 0) is 65.9 Å². The Morgan fingerprint density at radius 2 is 1.93 bits per heavy atom. The molecule has 0 atom stereocenters. The first-order valence-electron chi connectivity index (χ1n) is 8.40. The summed E-state index contributed by atoms with van der Waals surface area (Å²) in [6.07, 6.45) is 0. The van der Waals surface area contributed by atoms with Crippen LogP contribution in [0, 0.1) is 12.7 Å². The highest BCUT2D eigenvalue weighted by molar-refractivity contribution is 9.10. The fourth-order valence-electron chi connectivity index (χ4n) is 3.03. The molecule has 4 aromatic rings. The molecule has 4 rings (SSSR count). The van der Waals surface area contributed by atoms with Gasteiger partial charge in [0.25, 0.3) is 5.91 Å². The van der Waals surface area contributed by atoms with Crippen molar-refractivity contribution in [2.75, 3.05) is 5.32 Å². The molecule has 0 saturated heterocycles. The Kier molecular flexibility index (Phi) is 4.85. The lowest BCUT2D eigenvalue weighted by Crippen LogP contribution is -2.17. The zero-order valence-corrected chi connectivity index (χ0v) is 16.9. The van der Waals surface area contributed by atoms with Gasteiger partial charge in [-0.1, -0.05) is 28.1 Å². The molecule has 0 unspecified atom stereocenters. The van der Waals surface area contributed by atoms with Gasteiger partial charge in [0.05, 0.1) is 10.2 Å². The van der Waals surface area contributed by atoms with E-state index >= 15 is 0 Å². The normalized spacial score (nSPS) is 11.1. The molecule has 0 spiro atoms. The molecule has 0 radical (unpaired) electrons. The van der Waals surface area contributed by atoms with Crippen LogP contribution in [0.25, 0.3) is 10.2 Å². The Bertz CT molecular complexity index is 1130. The fraction of sp³-hybridized carbons (Fsp3) is 0.0952. The third kappa shape index (κ3) is 3.68. The van der Waals surface area contributed by atoms with E-state index in [-0.39, 0.29) is 11.7 Å². The number of benzene rings is 2. The molecule has 0 saturated carbocycles. The van der Waals surface area contributed by atoms with Gasteiger partial charge in [0, 0.05) is 16.7 Å². The second-order valence-corrected chi connectivity index (χ2v) is 8.13. The van der Waals surface area contributed by atoms with E-state index in [1.165, 1.54) is 12.1 Å². The minimum absolute atomic E-state index is 0.165. The van der Waals surface area contributed by atoms with Crippen LogP contribution in [-0.4, -0.2) is 10.5 Å². The van der Waals surface area contributed by atoms with E-state index in [4.69, 9.17) is 0 Å². The minimum Gasteiger partial charge on any atom is -0.331 e. The average molecular weight is 443 g/mol. The van der Waals surface area contributed by atoms with Gasteiger partial charge in [0.2, 0.25) is 0 Å². The number of aryl methyl sites for hydroxylation is 1. The van der Waals surface area contributed by atoms with E-state index in [0.29, 0.717) is 12.2 Å². The predicted octanol–water partition coefficient (Wildman–Crippen LogP) is 6.21. The number of halogens is 2. The molecule has 1 N–H and O–H groups in total. The lowest BCUT2D eigenvalue weighted by atomic mass is 10.2. The number of nitrogens with zero attached hydrogens (tertiary/aromatic N) is 1. The monoisotopic (exact) mass is 442 g/mol. The summed E-state index contributed by atoms with van der Waals surface area (Å²) in [6.45, 7) is 2.48. The topological polar surface area (TPSA) is 34.0 Å². The Balaban J connectivity index is 1.68. The van der Waals surface area contributed by atoms with Crippen LogP contribution in [-0.2, 0) is 6.54 Å². The van der Waals surface area contributed by atoms with Crippen LogP contribution in [0.5, 0.6) is 0 Å². The molecular weight excluding hydrogens is 427 g/mol. The van der Waals surface area contributed by atoms with Gasteiger partial charge in [-0.3, -0.25) is 4.79 Å². The lowest BCUT2D eigenvalue weighted by molar-refractivity contribution is 0.101. The van der Waals surface area contributed by atoms with Crippen molar-refractivity contribution in [3.63, 3.8) is 0 Å². The van der Waals surface area contributed by atoms with E-state index in [9.17, 15) is 9.18 Å². The molecule has 27 heavy (non-hydrogen) atoms. The standard InChI is InChI=1S/C21H16BrFN2OS/c1-13-10-16(6-7-17(13)22)24-21(26)19-11-20-18(8-9-27-20)25(19)12-14-2-4-15(23)5-3-14/h2-11H,12H2,1H3,(H,24,26). The SMILES string of the molecule is Cc1cc(NC(=O)c2cc3sccc3n2Cc2ccc(F)cc2)ccc1Br. The van der Waals surface area contributed by atoms with Crippen LogP contribution in [0.1, 0.15) is 21.6 Å². The molecule has 2 aromatic carbocycles. The Morgan fingerprint density at radius 3 is 2.67 bits per heavy atom. The van der Waals surface area contributed by atoms with Gasteiger partial charge in [0.1, 0.15) is 11.5 Å². The Hall–Kier alpha value is -2.44. The third-order valence-corrected chi connectivity index (χ3v) is 6.17. The third-order valence-electron chi connectivity index (χ3n) is 4.43. The number of aromatic nitrogens is 1. The van der Waals surface area contributed by atoms with E-state index in [1.807, 2.05) is 47.2 Å². The van der Waals surface area contributed by atoms with Crippen molar-refractivity contribution < 1.29 is 9.18 Å². The molecular formula is C21H16BrFN2OS. The van der Waals surface area contributed by atoms with Crippen LogP contribution in [0.4, 0.5) is 10.1 Å². The quantitative estimate of drug-likeness (QED) is 0.400. The summed E-state index contributed by atoms with van der Waals surface area (Å²) < 4.78 is 17.2. The fourth-order valence-corrected chi connectivity index (χ4v) is 4.09. The van der Waals surface area contributed by atoms with E-state index in [2.05, 4.69) is 21.2 Å². The number of rotatable bonds is 4. The molecule has 2 heterocycles. The number of carbonyl (C=O) groups excluding carboxylic acids is 1. The van der Waals surface area contributed by atoms with Crippen molar-refractivity contribution in [2.24, 2.45) is 0 Å². The molecule has 0 aliphatic heterocycles. The van der Waals surface area contributed by atoms with E-state index < -0.39 is 0 Å². The summed E-state index contributed by atoms with van der Waals surface area (Å²) in [4.78, 5) is 12.9. The summed E-state index contributed by atoms with van der Waals surface area (Å²) in [5, 5.41) is 4.98. The van der Waals surface area contributed by atoms with Crippen LogP contribution in [0.2, 0.25) is 0 Å². The van der Waals surface area contributed by atoms with E-state index in [0.717, 1.165) is 31.5 Å². The molecule has 3 nitrogen and oxygen atoms in total. The second-order valence-electron chi connectivity index (χ2n) is 6.33. The molecule has 0 aliphatic rings. The summed E-state index contributed by atoms with van der Waals surface area (Å²) >= 11 is 5.07. The molecule has 1 amide bonds. The zero-order valence-electron chi connectivity index (χ0n) is 14.5. The number of anilines is 1. The van der Waals surface area contributed by atoms with Crippen molar-refractivity contribution in [2.45, 2.75) is 13.5 Å². The van der Waals surface area contributed by atoms with Crippen molar-refractivity contribution >= 4 is 49.1 Å². The maximum Gasteiger partial charge on any atom is 0.272 e. The molecule has 6 heteroatoms. The zero-order chi connectivity index (χ0) is 19.0. The number of hydrogen-bond acceptors (Lipinski definition) is 2. The first-order chi connectivity index (χ1) is 13.0. The van der Waals surface area contributed by atoms with Crippen molar-refractivity contribution in [3.05, 3.63) is 87.1 Å². The Morgan fingerprint density at radius 1 is 1.15 bits per heavy atom. The number of fused-ring (bicyclic) bond motifs is 1. The van der Waals surface area contributed by atoms with Crippen LogP contribution < -0.4 is 5.32 Å². The largest absolute Gasteiger partial charge is 0.331 e. The molecule has 0 bridgehead atoms. The summed E-state index contributed by atoms with van der Waals surface area (Å²) in [7, 11) is 0. The average Bonchev–Trinajstić information content (AvgIpc) is 3.23. The van der Waals surface area contributed by atoms with Gasteiger partial charge in [-0.15, -0.1) is 11.3 Å². The minimum atomic E-state index is -0.268. The molecule has 2 aromatic heterocycles. The summed E-state index contributed by atoms with van der Waals surface area (Å²) in [6, 6.07) is 16.0. The smallest absolute Gasteiger partial charge is 0.272 e. The molecule has 136 valence electrons. The highest BCUT2D eigenvalue weighted by Crippen LogP contribution is 2.27. The second kappa shape index (κ2) is 7.29. The predicted molar refractivity (Wildman–Crippen MR) is 112 cm³/mol.